The smallest absolute Gasteiger partial charge is 0.122 e. The maximum atomic E-state index is 6.07. The fraction of sp³-hybridized carbons (Fsp3) is 0.400. The molecule has 1 aromatic rings. The Kier molecular flexibility index (Phi) is 5.21. The van der Waals surface area contributed by atoms with Crippen LogP contribution in [0.25, 0.3) is 0 Å². The molecule has 0 unspecified atom stereocenters. The number of ether oxygens (including phenoxy) is 1. The molecule has 3 heteroatoms. The van der Waals surface area contributed by atoms with Crippen LogP contribution in [0.4, 0.5) is 0 Å². The molecule has 0 N–H and O–H groups in total. The van der Waals surface area contributed by atoms with Gasteiger partial charge in [0.2, 0.25) is 0 Å². The summed E-state index contributed by atoms with van der Waals surface area (Å²) in [7, 11) is -3.07. The zero-order valence-electron chi connectivity index (χ0n) is 15.5. The monoisotopic (exact) mass is 342 g/mol. The second-order valence-electron chi connectivity index (χ2n) is 7.92. The molecule has 0 saturated heterocycles. The summed E-state index contributed by atoms with van der Waals surface area (Å²) >= 11 is 0. The third-order valence-electron chi connectivity index (χ3n) is 4.72. The molecule has 0 atom stereocenters. The minimum Gasteiger partial charge on any atom is -0.489 e. The van der Waals surface area contributed by atoms with Gasteiger partial charge in [-0.1, -0.05) is 86.1 Å². The standard InChI is InChI=1S/C20H30OSi2/c1-8-15-21-20-16(2)11-9-14-19(20)23(6,7)18-13-10-12-17(18)22(3,4)5/h8-12,14H,1,13,15H2,2-7H3. The minimum atomic E-state index is -1.75. The summed E-state index contributed by atoms with van der Waals surface area (Å²) in [6, 6.07) is 6.61. The first kappa shape index (κ1) is 18.0. The fourth-order valence-electron chi connectivity index (χ4n) is 3.44. The van der Waals surface area contributed by atoms with Crippen LogP contribution in [0.2, 0.25) is 32.7 Å². The second kappa shape index (κ2) is 6.66. The van der Waals surface area contributed by atoms with E-state index >= 15 is 0 Å². The summed E-state index contributed by atoms with van der Waals surface area (Å²) in [6.07, 6.45) is 7.70. The van der Waals surface area contributed by atoms with Gasteiger partial charge in [-0.05, 0) is 24.1 Å². The third kappa shape index (κ3) is 3.61. The topological polar surface area (TPSA) is 9.23 Å². The number of hydrogen-bond acceptors (Lipinski definition) is 1. The van der Waals surface area contributed by atoms with Crippen LogP contribution in [-0.2, 0) is 0 Å². The normalized spacial score (nSPS) is 15.2. The van der Waals surface area contributed by atoms with E-state index in [1.165, 1.54) is 10.8 Å². The van der Waals surface area contributed by atoms with Gasteiger partial charge in [0.05, 0.1) is 8.07 Å². The molecule has 1 aromatic carbocycles. The Morgan fingerprint density at radius 3 is 2.48 bits per heavy atom. The van der Waals surface area contributed by atoms with Gasteiger partial charge in [0, 0.05) is 0 Å². The van der Waals surface area contributed by atoms with Crippen LogP contribution in [0.15, 0.2) is 53.4 Å². The Hall–Kier alpha value is -1.33. The molecule has 0 aliphatic heterocycles. The first-order valence-corrected chi connectivity index (χ1v) is 14.9. The predicted octanol–water partition coefficient (Wildman–Crippen LogP) is 5.15. The lowest BCUT2D eigenvalue weighted by atomic mass is 10.2. The molecule has 2 rings (SSSR count). The van der Waals surface area contributed by atoms with E-state index in [0.29, 0.717) is 6.61 Å². The van der Waals surface area contributed by atoms with Crippen molar-refractivity contribution in [1.29, 1.82) is 0 Å². The van der Waals surface area contributed by atoms with Crippen molar-refractivity contribution in [3.05, 3.63) is 59.0 Å². The van der Waals surface area contributed by atoms with Gasteiger partial charge in [0.1, 0.15) is 20.4 Å². The van der Waals surface area contributed by atoms with Gasteiger partial charge in [-0.25, -0.2) is 0 Å². The average Bonchev–Trinajstić information content (AvgIpc) is 2.96. The zero-order valence-corrected chi connectivity index (χ0v) is 17.5. The molecule has 1 nitrogen and oxygen atoms in total. The number of allylic oxidation sites excluding steroid dienone is 4. The maximum Gasteiger partial charge on any atom is 0.122 e. The molecule has 0 fully saturated rings. The van der Waals surface area contributed by atoms with Gasteiger partial charge >= 0.3 is 0 Å². The van der Waals surface area contributed by atoms with Crippen LogP contribution in [0.1, 0.15) is 12.0 Å². The van der Waals surface area contributed by atoms with E-state index in [-0.39, 0.29) is 0 Å². The summed E-state index contributed by atoms with van der Waals surface area (Å²) in [6.45, 7) is 18.8. The predicted molar refractivity (Wildman–Crippen MR) is 108 cm³/mol. The number of aryl methyl sites for hydroxylation is 1. The van der Waals surface area contributed by atoms with Crippen molar-refractivity contribution < 1.29 is 4.74 Å². The SMILES string of the molecule is C=CCOc1c(C)cccc1[Si](C)(C)C1=C([Si](C)(C)C)C=CC1. The first-order chi connectivity index (χ1) is 10.7. The summed E-state index contributed by atoms with van der Waals surface area (Å²) < 4.78 is 6.07. The maximum absolute atomic E-state index is 6.07. The highest BCUT2D eigenvalue weighted by Gasteiger charge is 2.37. The first-order valence-electron chi connectivity index (χ1n) is 8.44. The molecule has 23 heavy (non-hydrogen) atoms. The fourth-order valence-corrected chi connectivity index (χ4v) is 10.2. The molecular weight excluding hydrogens is 312 g/mol. The Balaban J connectivity index is 2.56. The highest BCUT2D eigenvalue weighted by Crippen LogP contribution is 2.35. The number of benzene rings is 1. The molecule has 1 aliphatic carbocycles. The largest absolute Gasteiger partial charge is 0.489 e. The number of hydrogen-bond donors (Lipinski definition) is 0. The van der Waals surface area contributed by atoms with E-state index in [4.69, 9.17) is 4.74 Å². The van der Waals surface area contributed by atoms with Gasteiger partial charge in [-0.2, -0.15) is 0 Å². The van der Waals surface area contributed by atoms with Crippen LogP contribution >= 0.6 is 0 Å². The van der Waals surface area contributed by atoms with Crippen molar-refractivity contribution in [3.63, 3.8) is 0 Å². The van der Waals surface area contributed by atoms with Gasteiger partial charge in [-0.15, -0.1) is 0 Å². The van der Waals surface area contributed by atoms with Crippen LogP contribution in [-0.4, -0.2) is 22.8 Å². The van der Waals surface area contributed by atoms with Crippen molar-refractivity contribution in [2.24, 2.45) is 0 Å². The van der Waals surface area contributed by atoms with Gasteiger partial charge < -0.3 is 4.74 Å². The van der Waals surface area contributed by atoms with Crippen molar-refractivity contribution >= 4 is 21.3 Å². The van der Waals surface area contributed by atoms with E-state index in [2.05, 4.69) is 76.6 Å². The van der Waals surface area contributed by atoms with Gasteiger partial charge in [-0.3, -0.25) is 0 Å². The van der Waals surface area contributed by atoms with Crippen molar-refractivity contribution in [2.45, 2.75) is 46.1 Å². The van der Waals surface area contributed by atoms with Gasteiger partial charge in [0.25, 0.3) is 0 Å². The summed E-state index contributed by atoms with van der Waals surface area (Å²) in [5.41, 5.74) is 1.23. The summed E-state index contributed by atoms with van der Waals surface area (Å²) in [4.78, 5) is 0. The molecule has 0 spiro atoms. The van der Waals surface area contributed by atoms with Gasteiger partial charge in [0.15, 0.2) is 0 Å². The lowest BCUT2D eigenvalue weighted by Crippen LogP contribution is -2.46. The molecule has 1 aliphatic rings. The molecule has 0 heterocycles. The zero-order chi connectivity index (χ0) is 17.3. The molecular formula is C20H30OSi2. The minimum absolute atomic E-state index is 0.570. The second-order valence-corrected chi connectivity index (χ2v) is 17.4. The molecule has 0 bridgehead atoms. The van der Waals surface area contributed by atoms with Crippen LogP contribution in [0, 0.1) is 6.92 Å². The number of rotatable bonds is 6. The van der Waals surface area contributed by atoms with E-state index in [9.17, 15) is 0 Å². The Labute approximate surface area is 143 Å². The Morgan fingerprint density at radius 1 is 1.17 bits per heavy atom. The van der Waals surface area contributed by atoms with E-state index in [1.807, 2.05) is 6.08 Å². The van der Waals surface area contributed by atoms with E-state index in [1.54, 1.807) is 10.4 Å². The van der Waals surface area contributed by atoms with Crippen molar-refractivity contribution in [3.8, 4) is 5.75 Å². The molecule has 124 valence electrons. The molecule has 0 amide bonds. The van der Waals surface area contributed by atoms with Crippen LogP contribution in [0.5, 0.6) is 5.75 Å². The lowest BCUT2D eigenvalue weighted by Gasteiger charge is -2.32. The highest BCUT2D eigenvalue weighted by molar-refractivity contribution is 6.98. The summed E-state index contributed by atoms with van der Waals surface area (Å²) in [5, 5.41) is 4.78. The van der Waals surface area contributed by atoms with Crippen LogP contribution in [0.3, 0.4) is 0 Å². The summed E-state index contributed by atoms with van der Waals surface area (Å²) in [5.74, 6) is 1.08. The number of para-hydroxylation sites is 1. The Morgan fingerprint density at radius 2 is 1.87 bits per heavy atom. The highest BCUT2D eigenvalue weighted by atomic mass is 28.3. The quantitative estimate of drug-likeness (QED) is 0.513. The van der Waals surface area contributed by atoms with E-state index in [0.717, 1.165) is 12.2 Å². The van der Waals surface area contributed by atoms with Crippen LogP contribution < -0.4 is 9.92 Å². The lowest BCUT2D eigenvalue weighted by molar-refractivity contribution is 0.363. The third-order valence-corrected chi connectivity index (χ3v) is 10.8. The molecule has 0 saturated carbocycles. The van der Waals surface area contributed by atoms with Crippen molar-refractivity contribution in [1.82, 2.24) is 0 Å². The molecule has 0 radical (unpaired) electrons. The van der Waals surface area contributed by atoms with Crippen molar-refractivity contribution in [2.75, 3.05) is 6.61 Å². The average molecular weight is 343 g/mol. The molecule has 0 aromatic heterocycles. The van der Waals surface area contributed by atoms with E-state index < -0.39 is 16.1 Å². The Bertz CT molecular complexity index is 661.